The zero-order chi connectivity index (χ0) is 10.5. The largest absolute Gasteiger partial charge is 0.303 e. The summed E-state index contributed by atoms with van der Waals surface area (Å²) in [5.41, 5.74) is 0.435. The van der Waals surface area contributed by atoms with Gasteiger partial charge in [-0.1, -0.05) is 41.5 Å². The van der Waals surface area contributed by atoms with Crippen molar-refractivity contribution in [3.8, 4) is 0 Å². The molecule has 0 saturated heterocycles. The van der Waals surface area contributed by atoms with E-state index in [0.717, 1.165) is 5.92 Å². The van der Waals surface area contributed by atoms with Gasteiger partial charge in [-0.05, 0) is 24.3 Å². The zero-order valence-corrected chi connectivity index (χ0v) is 10.4. The summed E-state index contributed by atoms with van der Waals surface area (Å²) in [7, 11) is 0. The predicted molar refractivity (Wildman–Crippen MR) is 61.0 cm³/mol. The van der Waals surface area contributed by atoms with Crippen molar-refractivity contribution in [1.82, 2.24) is 4.90 Å². The minimum absolute atomic E-state index is 0.435. The van der Waals surface area contributed by atoms with Crippen LogP contribution in [-0.4, -0.2) is 24.5 Å². The van der Waals surface area contributed by atoms with Gasteiger partial charge in [-0.15, -0.1) is 0 Å². The van der Waals surface area contributed by atoms with E-state index in [2.05, 4.69) is 46.4 Å². The van der Waals surface area contributed by atoms with Gasteiger partial charge in [0, 0.05) is 13.1 Å². The van der Waals surface area contributed by atoms with Gasteiger partial charge in [-0.2, -0.15) is 0 Å². The molecule has 0 rings (SSSR count). The van der Waals surface area contributed by atoms with Gasteiger partial charge in [0.1, 0.15) is 0 Å². The molecule has 0 aliphatic heterocycles. The fourth-order valence-corrected chi connectivity index (χ4v) is 1.74. The molecule has 0 spiro atoms. The minimum Gasteiger partial charge on any atom is -0.303 e. The molecule has 0 atom stereocenters. The highest BCUT2D eigenvalue weighted by Crippen LogP contribution is 2.16. The lowest BCUT2D eigenvalue weighted by atomic mass is 9.95. The van der Waals surface area contributed by atoms with Crippen LogP contribution in [0, 0.1) is 11.3 Å². The van der Waals surface area contributed by atoms with Gasteiger partial charge in [0.25, 0.3) is 0 Å². The van der Waals surface area contributed by atoms with Crippen LogP contribution >= 0.6 is 0 Å². The normalized spacial score (nSPS) is 12.9. The Morgan fingerprint density at radius 2 is 1.69 bits per heavy atom. The Bertz CT molecular complexity index is 122. The van der Waals surface area contributed by atoms with Crippen molar-refractivity contribution in [2.45, 2.75) is 48.0 Å². The van der Waals surface area contributed by atoms with E-state index in [1.54, 1.807) is 0 Å². The summed E-state index contributed by atoms with van der Waals surface area (Å²) in [5, 5.41) is 0. The Kier molecular flexibility index (Phi) is 5.62. The van der Waals surface area contributed by atoms with Crippen molar-refractivity contribution in [2.24, 2.45) is 11.3 Å². The molecule has 13 heavy (non-hydrogen) atoms. The van der Waals surface area contributed by atoms with E-state index in [-0.39, 0.29) is 0 Å². The smallest absolute Gasteiger partial charge is 0.00301 e. The molecule has 0 aromatic heterocycles. The number of hydrogen-bond acceptors (Lipinski definition) is 1. The molecule has 0 amide bonds. The topological polar surface area (TPSA) is 3.24 Å². The van der Waals surface area contributed by atoms with Crippen molar-refractivity contribution in [1.29, 1.82) is 0 Å². The molecule has 0 saturated carbocycles. The van der Waals surface area contributed by atoms with Gasteiger partial charge in [0.15, 0.2) is 0 Å². The summed E-state index contributed by atoms with van der Waals surface area (Å²) < 4.78 is 0. The summed E-state index contributed by atoms with van der Waals surface area (Å²) in [5.74, 6) is 0.786. The first-order chi connectivity index (χ1) is 5.85. The molecule has 0 aliphatic rings. The molecule has 0 radical (unpaired) electrons. The summed E-state index contributed by atoms with van der Waals surface area (Å²) in [6.07, 6.45) is 1.27. The van der Waals surface area contributed by atoms with Crippen LogP contribution < -0.4 is 0 Å². The highest BCUT2D eigenvalue weighted by Gasteiger charge is 2.16. The lowest BCUT2D eigenvalue weighted by Gasteiger charge is -2.30. The molecule has 80 valence electrons. The standard InChI is InChI=1S/C12H27N/c1-7-8-13(9-11(2)3)10-12(4,5)6/h11H,7-10H2,1-6H3. The third kappa shape index (κ3) is 8.29. The summed E-state index contributed by atoms with van der Waals surface area (Å²) in [4.78, 5) is 2.59. The number of nitrogens with zero attached hydrogens (tertiary/aromatic N) is 1. The summed E-state index contributed by atoms with van der Waals surface area (Å²) in [6, 6.07) is 0. The minimum atomic E-state index is 0.435. The highest BCUT2D eigenvalue weighted by atomic mass is 15.1. The first kappa shape index (κ1) is 13.0. The second-order valence-electron chi connectivity index (χ2n) is 5.69. The average molecular weight is 185 g/mol. The van der Waals surface area contributed by atoms with Gasteiger partial charge in [-0.25, -0.2) is 0 Å². The van der Waals surface area contributed by atoms with E-state index in [0.29, 0.717) is 5.41 Å². The van der Waals surface area contributed by atoms with Crippen LogP contribution in [0.5, 0.6) is 0 Å². The van der Waals surface area contributed by atoms with Crippen LogP contribution in [0.25, 0.3) is 0 Å². The fraction of sp³-hybridized carbons (Fsp3) is 1.00. The maximum absolute atomic E-state index is 2.59. The van der Waals surface area contributed by atoms with Crippen LogP contribution in [0.3, 0.4) is 0 Å². The van der Waals surface area contributed by atoms with Crippen LogP contribution in [-0.2, 0) is 0 Å². The van der Waals surface area contributed by atoms with E-state index in [1.807, 2.05) is 0 Å². The monoisotopic (exact) mass is 185 g/mol. The van der Waals surface area contributed by atoms with Crippen molar-refractivity contribution in [3.05, 3.63) is 0 Å². The third-order valence-electron chi connectivity index (χ3n) is 1.86. The van der Waals surface area contributed by atoms with Crippen molar-refractivity contribution < 1.29 is 0 Å². The van der Waals surface area contributed by atoms with Crippen LogP contribution in [0.2, 0.25) is 0 Å². The second kappa shape index (κ2) is 5.64. The molecule has 1 nitrogen and oxygen atoms in total. The van der Waals surface area contributed by atoms with Gasteiger partial charge in [0.2, 0.25) is 0 Å². The Balaban J connectivity index is 3.94. The Hall–Kier alpha value is -0.0400. The maximum atomic E-state index is 2.59. The van der Waals surface area contributed by atoms with Crippen molar-refractivity contribution >= 4 is 0 Å². The van der Waals surface area contributed by atoms with Gasteiger partial charge in [0.05, 0.1) is 0 Å². The van der Waals surface area contributed by atoms with Gasteiger partial charge in [-0.3, -0.25) is 0 Å². The summed E-state index contributed by atoms with van der Waals surface area (Å²) in [6.45, 7) is 17.5. The highest BCUT2D eigenvalue weighted by molar-refractivity contribution is 4.69. The molecule has 0 heterocycles. The van der Waals surface area contributed by atoms with Crippen LogP contribution in [0.1, 0.15) is 48.0 Å². The van der Waals surface area contributed by atoms with E-state index in [9.17, 15) is 0 Å². The fourth-order valence-electron chi connectivity index (χ4n) is 1.74. The maximum Gasteiger partial charge on any atom is 0.00301 e. The second-order valence-corrected chi connectivity index (χ2v) is 5.69. The Morgan fingerprint density at radius 1 is 1.15 bits per heavy atom. The van der Waals surface area contributed by atoms with Crippen molar-refractivity contribution in [2.75, 3.05) is 19.6 Å². The number of rotatable bonds is 5. The molecular formula is C12H27N. The molecule has 0 aromatic carbocycles. The third-order valence-corrected chi connectivity index (χ3v) is 1.86. The summed E-state index contributed by atoms with van der Waals surface area (Å²) >= 11 is 0. The van der Waals surface area contributed by atoms with E-state index < -0.39 is 0 Å². The quantitative estimate of drug-likeness (QED) is 0.634. The SMILES string of the molecule is CCCN(CC(C)C)CC(C)(C)C. The van der Waals surface area contributed by atoms with E-state index >= 15 is 0 Å². The van der Waals surface area contributed by atoms with E-state index in [1.165, 1.54) is 26.1 Å². The Labute approximate surface area is 84.5 Å². The first-order valence-corrected chi connectivity index (χ1v) is 5.57. The Morgan fingerprint density at radius 3 is 2.00 bits per heavy atom. The lowest BCUT2D eigenvalue weighted by molar-refractivity contribution is 0.174. The van der Waals surface area contributed by atoms with Crippen molar-refractivity contribution in [3.63, 3.8) is 0 Å². The molecule has 0 bridgehead atoms. The van der Waals surface area contributed by atoms with Crippen LogP contribution in [0.4, 0.5) is 0 Å². The molecule has 0 fully saturated rings. The lowest BCUT2D eigenvalue weighted by Crippen LogP contribution is -2.35. The predicted octanol–water partition coefficient (Wildman–Crippen LogP) is 3.40. The molecule has 0 N–H and O–H groups in total. The molecule has 0 unspecified atom stereocenters. The number of hydrogen-bond donors (Lipinski definition) is 0. The molecule has 0 aromatic rings. The first-order valence-electron chi connectivity index (χ1n) is 5.57. The van der Waals surface area contributed by atoms with Gasteiger partial charge >= 0.3 is 0 Å². The molecular weight excluding hydrogens is 158 g/mol. The van der Waals surface area contributed by atoms with E-state index in [4.69, 9.17) is 0 Å². The van der Waals surface area contributed by atoms with Gasteiger partial charge < -0.3 is 4.90 Å². The average Bonchev–Trinajstić information content (AvgIpc) is 1.81. The molecule has 0 aliphatic carbocycles. The van der Waals surface area contributed by atoms with Crippen LogP contribution in [0.15, 0.2) is 0 Å². The molecule has 1 heteroatoms. The zero-order valence-electron chi connectivity index (χ0n) is 10.4.